The molecule has 0 fully saturated rings. The molecule has 0 bridgehead atoms. The lowest BCUT2D eigenvalue weighted by atomic mass is 10.3. The van der Waals surface area contributed by atoms with Crippen LogP contribution in [-0.4, -0.2) is 22.5 Å². The molecule has 0 unspecified atom stereocenters. The van der Waals surface area contributed by atoms with Gasteiger partial charge in [-0.05, 0) is 12.5 Å². The first-order valence-corrected chi connectivity index (χ1v) is 6.05. The Bertz CT molecular complexity index is 300. The van der Waals surface area contributed by atoms with E-state index >= 15 is 0 Å². The topological polar surface area (TPSA) is 51.8 Å². The third kappa shape index (κ3) is 2.16. The van der Waals surface area contributed by atoms with Crippen molar-refractivity contribution < 1.29 is 0 Å². The fraction of sp³-hybridized carbons (Fsp3) is 0.250. The van der Waals surface area contributed by atoms with Crippen molar-refractivity contribution in [3.8, 4) is 0 Å². The normalized spacial score (nSPS) is 10.0. The maximum Gasteiger partial charge on any atom is 0.222 e. The summed E-state index contributed by atoms with van der Waals surface area (Å²) in [6.07, 6.45) is 5.68. The molecule has 0 aromatic carbocycles. The average molecular weight is 213 g/mol. The molecule has 1 aromatic heterocycles. The lowest BCUT2D eigenvalue weighted by molar-refractivity contribution is 0.971. The molecular weight excluding hydrogens is 202 g/mol. The van der Waals surface area contributed by atoms with E-state index in [0.717, 1.165) is 15.6 Å². The number of anilines is 1. The van der Waals surface area contributed by atoms with Crippen molar-refractivity contribution in [2.75, 3.05) is 18.2 Å². The van der Waals surface area contributed by atoms with E-state index in [1.165, 1.54) is 0 Å². The van der Waals surface area contributed by atoms with Crippen molar-refractivity contribution in [3.63, 3.8) is 0 Å². The third-order valence-corrected chi connectivity index (χ3v) is 2.88. The summed E-state index contributed by atoms with van der Waals surface area (Å²) in [7, 11) is 0. The third-order valence-electron chi connectivity index (χ3n) is 1.48. The minimum Gasteiger partial charge on any atom is -0.368 e. The van der Waals surface area contributed by atoms with Crippen LogP contribution in [0.5, 0.6) is 0 Å². The van der Waals surface area contributed by atoms with Crippen molar-refractivity contribution >= 4 is 35.5 Å². The van der Waals surface area contributed by atoms with Gasteiger partial charge in [-0.1, -0.05) is 12.7 Å². The predicted octanol–water partition coefficient (Wildman–Crippen LogP) is 2.15. The molecule has 5 heteroatoms. The maximum absolute atomic E-state index is 5.55. The Labute approximate surface area is 86.2 Å². The lowest BCUT2D eigenvalue weighted by Crippen LogP contribution is -2.00. The zero-order chi connectivity index (χ0) is 9.84. The van der Waals surface area contributed by atoms with Gasteiger partial charge in [0.15, 0.2) is 0 Å². The molecule has 0 saturated heterocycles. The molecule has 0 radical (unpaired) electrons. The van der Waals surface area contributed by atoms with Gasteiger partial charge in [0, 0.05) is 5.56 Å². The van der Waals surface area contributed by atoms with Crippen LogP contribution in [0.1, 0.15) is 5.56 Å². The fourth-order valence-electron chi connectivity index (χ4n) is 0.931. The monoisotopic (exact) mass is 213 g/mol. The molecule has 1 aromatic rings. The van der Waals surface area contributed by atoms with Crippen LogP contribution < -0.4 is 5.73 Å². The van der Waals surface area contributed by atoms with Crippen molar-refractivity contribution in [3.05, 3.63) is 12.1 Å². The second kappa shape index (κ2) is 4.53. The molecule has 0 aliphatic heterocycles. The molecule has 70 valence electrons. The first-order chi connectivity index (χ1) is 6.22. The number of nitrogens with zero attached hydrogens (tertiary/aromatic N) is 2. The average Bonchev–Trinajstić information content (AvgIpc) is 2.16. The quantitative estimate of drug-likeness (QED) is 0.616. The van der Waals surface area contributed by atoms with Gasteiger partial charge in [0.05, 0.1) is 0 Å². The van der Waals surface area contributed by atoms with Crippen molar-refractivity contribution in [1.29, 1.82) is 0 Å². The molecule has 1 rings (SSSR count). The molecule has 2 N–H and O–H groups in total. The molecule has 0 atom stereocenters. The molecule has 0 spiro atoms. The van der Waals surface area contributed by atoms with Crippen molar-refractivity contribution in [2.24, 2.45) is 0 Å². The number of aromatic nitrogens is 2. The highest BCUT2D eigenvalue weighted by Gasteiger charge is 2.08. The Balaban J connectivity index is 3.33. The summed E-state index contributed by atoms with van der Waals surface area (Å²) in [4.78, 5) is 8.23. The highest BCUT2D eigenvalue weighted by molar-refractivity contribution is 7.99. The Kier molecular flexibility index (Phi) is 3.62. The van der Waals surface area contributed by atoms with E-state index in [-0.39, 0.29) is 0 Å². The van der Waals surface area contributed by atoms with E-state index in [4.69, 9.17) is 5.73 Å². The zero-order valence-electron chi connectivity index (χ0n) is 7.57. The number of nitrogens with two attached hydrogens (primary N) is 1. The number of hydrogen-bond donors (Lipinski definition) is 1. The van der Waals surface area contributed by atoms with Crippen LogP contribution in [0, 0.1) is 0 Å². The Morgan fingerprint density at radius 2 is 1.69 bits per heavy atom. The molecule has 3 nitrogen and oxygen atoms in total. The van der Waals surface area contributed by atoms with Gasteiger partial charge in [0.1, 0.15) is 10.1 Å². The van der Waals surface area contributed by atoms with Gasteiger partial charge in [-0.25, -0.2) is 9.97 Å². The summed E-state index contributed by atoms with van der Waals surface area (Å²) >= 11 is 3.10. The number of thioether (sulfide) groups is 2. The van der Waals surface area contributed by atoms with Gasteiger partial charge in [-0.15, -0.1) is 23.5 Å². The van der Waals surface area contributed by atoms with Gasteiger partial charge in [-0.2, -0.15) is 0 Å². The second-order valence-corrected chi connectivity index (χ2v) is 3.81. The van der Waals surface area contributed by atoms with Gasteiger partial charge < -0.3 is 5.73 Å². The Morgan fingerprint density at radius 1 is 1.23 bits per heavy atom. The molecule has 1 heterocycles. The second-order valence-electron chi connectivity index (χ2n) is 2.22. The maximum atomic E-state index is 5.55. The predicted molar refractivity (Wildman–Crippen MR) is 60.1 cm³/mol. The molecule has 13 heavy (non-hydrogen) atoms. The van der Waals surface area contributed by atoms with E-state index in [0.29, 0.717) is 5.95 Å². The Hall–Kier alpha value is -0.680. The van der Waals surface area contributed by atoms with Crippen molar-refractivity contribution in [1.82, 2.24) is 9.97 Å². The minimum absolute atomic E-state index is 0.319. The smallest absolute Gasteiger partial charge is 0.222 e. The van der Waals surface area contributed by atoms with E-state index in [1.807, 2.05) is 12.5 Å². The van der Waals surface area contributed by atoms with Gasteiger partial charge >= 0.3 is 0 Å². The summed E-state index contributed by atoms with van der Waals surface area (Å²) in [5.41, 5.74) is 6.52. The van der Waals surface area contributed by atoms with Crippen molar-refractivity contribution in [2.45, 2.75) is 10.1 Å². The standard InChI is InChI=1S/C8H11N3S2/c1-4-5-6(12-2)10-8(9)11-7(5)13-3/h4H,1H2,2-3H3,(H2,9,10,11). The van der Waals surface area contributed by atoms with E-state index in [1.54, 1.807) is 29.6 Å². The van der Waals surface area contributed by atoms with Gasteiger partial charge in [-0.3, -0.25) is 0 Å². The molecule has 0 saturated carbocycles. The summed E-state index contributed by atoms with van der Waals surface area (Å²) < 4.78 is 0. The lowest BCUT2D eigenvalue weighted by Gasteiger charge is -2.06. The zero-order valence-corrected chi connectivity index (χ0v) is 9.21. The summed E-state index contributed by atoms with van der Waals surface area (Å²) in [5.74, 6) is 0.319. The molecule has 0 aliphatic carbocycles. The van der Waals surface area contributed by atoms with Crippen LogP contribution in [0.25, 0.3) is 6.08 Å². The highest BCUT2D eigenvalue weighted by Crippen LogP contribution is 2.27. The highest BCUT2D eigenvalue weighted by atomic mass is 32.2. The van der Waals surface area contributed by atoms with Crippen LogP contribution in [0.3, 0.4) is 0 Å². The Morgan fingerprint density at radius 3 is 2.00 bits per heavy atom. The summed E-state index contributed by atoms with van der Waals surface area (Å²) in [6, 6.07) is 0. The largest absolute Gasteiger partial charge is 0.368 e. The SMILES string of the molecule is C=Cc1c(SC)nc(N)nc1SC. The first kappa shape index (κ1) is 10.4. The summed E-state index contributed by atoms with van der Waals surface area (Å²) in [5, 5.41) is 1.76. The van der Waals surface area contributed by atoms with Crippen LogP contribution in [-0.2, 0) is 0 Å². The van der Waals surface area contributed by atoms with E-state index in [9.17, 15) is 0 Å². The molecule has 0 aliphatic rings. The van der Waals surface area contributed by atoms with E-state index < -0.39 is 0 Å². The van der Waals surface area contributed by atoms with Crippen LogP contribution in [0.4, 0.5) is 5.95 Å². The first-order valence-electron chi connectivity index (χ1n) is 3.60. The van der Waals surface area contributed by atoms with Gasteiger partial charge in [0.2, 0.25) is 5.95 Å². The van der Waals surface area contributed by atoms with Gasteiger partial charge in [0.25, 0.3) is 0 Å². The summed E-state index contributed by atoms with van der Waals surface area (Å²) in [6.45, 7) is 3.73. The number of nitrogen functional groups attached to an aromatic ring is 1. The number of hydrogen-bond acceptors (Lipinski definition) is 5. The fourth-order valence-corrected chi connectivity index (χ4v) is 2.16. The number of rotatable bonds is 3. The van der Waals surface area contributed by atoms with E-state index in [2.05, 4.69) is 16.5 Å². The van der Waals surface area contributed by atoms with Crippen LogP contribution in [0.2, 0.25) is 0 Å². The van der Waals surface area contributed by atoms with Crippen LogP contribution >= 0.6 is 23.5 Å². The minimum atomic E-state index is 0.319. The molecule has 0 amide bonds. The van der Waals surface area contributed by atoms with Crippen LogP contribution in [0.15, 0.2) is 16.6 Å². The molecular formula is C8H11N3S2.